The minimum atomic E-state index is -0.197. The van der Waals surface area contributed by atoms with Crippen molar-refractivity contribution in [3.05, 3.63) is 33.9 Å². The summed E-state index contributed by atoms with van der Waals surface area (Å²) in [5.74, 6) is 0.765. The summed E-state index contributed by atoms with van der Waals surface area (Å²) in [6.45, 7) is 11.1. The van der Waals surface area contributed by atoms with E-state index in [0.29, 0.717) is 6.61 Å². The molecule has 146 valence electrons. The number of nitrogens with zero attached hydrogens (tertiary/aromatic N) is 4. The van der Waals surface area contributed by atoms with Crippen molar-refractivity contribution in [3.63, 3.8) is 0 Å². The predicted octanol–water partition coefficient (Wildman–Crippen LogP) is 3.97. The van der Waals surface area contributed by atoms with E-state index in [1.807, 2.05) is 28.7 Å². The van der Waals surface area contributed by atoms with Crippen LogP contribution in [0.15, 0.2) is 22.2 Å². The Kier molecular flexibility index (Phi) is 4.58. The largest absolute Gasteiger partial charge is 0.375 e. The molecule has 2 atom stereocenters. The van der Waals surface area contributed by atoms with Gasteiger partial charge in [-0.2, -0.15) is 5.10 Å². The molecule has 1 N–H and O–H groups in total. The van der Waals surface area contributed by atoms with E-state index in [4.69, 9.17) is 9.73 Å². The van der Waals surface area contributed by atoms with Gasteiger partial charge in [-0.3, -0.25) is 19.3 Å². The molecule has 1 fully saturated rings. The molecule has 2 aromatic rings. The molecule has 0 bridgehead atoms. The summed E-state index contributed by atoms with van der Waals surface area (Å²) >= 11 is 1.62. The van der Waals surface area contributed by atoms with Gasteiger partial charge in [-0.1, -0.05) is 11.8 Å². The quantitative estimate of drug-likeness (QED) is 0.862. The second-order valence-electron chi connectivity index (χ2n) is 8.28. The van der Waals surface area contributed by atoms with Crippen molar-refractivity contribution < 1.29 is 4.74 Å². The smallest absolute Gasteiger partial charge is 0.271 e. The molecule has 0 unspecified atom stereocenters. The van der Waals surface area contributed by atoms with Crippen molar-refractivity contribution in [2.45, 2.75) is 70.4 Å². The Labute approximate surface area is 163 Å². The Hall–Kier alpha value is -1.80. The number of aromatic nitrogens is 4. The Balaban J connectivity index is 1.77. The number of hydrogen-bond donors (Lipinski definition) is 1. The number of rotatable bonds is 3. The molecule has 27 heavy (non-hydrogen) atoms. The molecular formula is C19H27N5O2S. The van der Waals surface area contributed by atoms with Crippen LogP contribution in [0.25, 0.3) is 0 Å². The first-order valence-corrected chi connectivity index (χ1v) is 10.4. The normalized spacial score (nSPS) is 24.7. The van der Waals surface area contributed by atoms with Crippen molar-refractivity contribution in [1.29, 1.82) is 0 Å². The van der Waals surface area contributed by atoms with Crippen LogP contribution in [0.2, 0.25) is 0 Å². The number of aromatic amines is 1. The summed E-state index contributed by atoms with van der Waals surface area (Å²) in [5, 5.41) is 8.41. The number of aliphatic imine (C=N–C) groups is 1. The average molecular weight is 390 g/mol. The molecule has 0 amide bonds. The van der Waals surface area contributed by atoms with E-state index in [1.165, 1.54) is 0 Å². The molecule has 1 saturated heterocycles. The van der Waals surface area contributed by atoms with Crippen LogP contribution in [0.5, 0.6) is 0 Å². The molecule has 0 aromatic carbocycles. The first-order chi connectivity index (χ1) is 12.7. The Morgan fingerprint density at radius 1 is 1.41 bits per heavy atom. The van der Waals surface area contributed by atoms with Gasteiger partial charge in [0, 0.05) is 24.4 Å². The molecule has 4 heterocycles. The van der Waals surface area contributed by atoms with Gasteiger partial charge in [0.2, 0.25) is 0 Å². The molecule has 0 saturated carbocycles. The van der Waals surface area contributed by atoms with Crippen molar-refractivity contribution in [2.24, 2.45) is 4.99 Å². The molecule has 7 nitrogen and oxygen atoms in total. The number of H-pyrrole nitrogens is 1. The summed E-state index contributed by atoms with van der Waals surface area (Å²) in [7, 11) is 0. The fourth-order valence-corrected chi connectivity index (χ4v) is 4.97. The van der Waals surface area contributed by atoms with Crippen LogP contribution in [-0.2, 0) is 4.74 Å². The number of nitrogens with one attached hydrogen (secondary N) is 1. The van der Waals surface area contributed by atoms with Crippen LogP contribution in [0.4, 0.5) is 5.82 Å². The standard InChI is InChI=1S/C19H27N5O2S/c1-11(2)23-10-13(9-20-23)16-15-17(21-12(3)27-16)24(22-18(15)25)14-6-7-26-19(4,5)8-14/h9-11,14,16H,6-8H2,1-5H3,(H,22,25)/t14-,16+/m1/s1. The van der Waals surface area contributed by atoms with Crippen LogP contribution in [0.3, 0.4) is 0 Å². The van der Waals surface area contributed by atoms with Crippen LogP contribution >= 0.6 is 11.8 Å². The highest BCUT2D eigenvalue weighted by molar-refractivity contribution is 8.14. The van der Waals surface area contributed by atoms with Crippen LogP contribution in [0.1, 0.15) is 75.9 Å². The van der Waals surface area contributed by atoms with E-state index in [-0.39, 0.29) is 28.5 Å². The summed E-state index contributed by atoms with van der Waals surface area (Å²) in [4.78, 5) is 17.7. The maximum absolute atomic E-state index is 12.9. The second-order valence-corrected chi connectivity index (χ2v) is 9.58. The molecule has 2 aliphatic heterocycles. The van der Waals surface area contributed by atoms with Crippen LogP contribution < -0.4 is 5.56 Å². The van der Waals surface area contributed by atoms with E-state index in [0.717, 1.165) is 34.8 Å². The van der Waals surface area contributed by atoms with E-state index >= 15 is 0 Å². The molecule has 2 aromatic heterocycles. The number of thioether (sulfide) groups is 1. The maximum Gasteiger partial charge on any atom is 0.271 e. The predicted molar refractivity (Wildman–Crippen MR) is 108 cm³/mol. The molecule has 8 heteroatoms. The number of hydrogen-bond acceptors (Lipinski definition) is 5. The number of ether oxygens (including phenoxy) is 1. The monoisotopic (exact) mass is 389 g/mol. The van der Waals surface area contributed by atoms with Crippen molar-refractivity contribution in [1.82, 2.24) is 19.6 Å². The van der Waals surface area contributed by atoms with Gasteiger partial charge in [-0.15, -0.1) is 0 Å². The molecule has 0 spiro atoms. The average Bonchev–Trinajstić information content (AvgIpc) is 3.19. The Bertz CT molecular complexity index is 936. The fourth-order valence-electron chi connectivity index (χ4n) is 3.90. The lowest BCUT2D eigenvalue weighted by Gasteiger charge is -2.36. The third-order valence-electron chi connectivity index (χ3n) is 5.24. The molecule has 0 aliphatic carbocycles. The van der Waals surface area contributed by atoms with E-state index in [2.05, 4.69) is 37.9 Å². The third-order valence-corrected chi connectivity index (χ3v) is 6.42. The first kappa shape index (κ1) is 18.6. The zero-order chi connectivity index (χ0) is 19.3. The summed E-state index contributed by atoms with van der Waals surface area (Å²) in [5.41, 5.74) is 1.52. The van der Waals surface area contributed by atoms with Gasteiger partial charge in [-0.05, 0) is 47.5 Å². The zero-order valence-electron chi connectivity index (χ0n) is 16.5. The second kappa shape index (κ2) is 6.67. The maximum atomic E-state index is 12.9. The van der Waals surface area contributed by atoms with Gasteiger partial charge in [0.05, 0.1) is 33.7 Å². The molecule has 4 rings (SSSR count). The van der Waals surface area contributed by atoms with Crippen molar-refractivity contribution in [3.8, 4) is 0 Å². The molecule has 2 aliphatic rings. The van der Waals surface area contributed by atoms with Gasteiger partial charge >= 0.3 is 0 Å². The highest BCUT2D eigenvalue weighted by atomic mass is 32.2. The summed E-state index contributed by atoms with van der Waals surface area (Å²) in [6.07, 6.45) is 5.63. The van der Waals surface area contributed by atoms with Gasteiger partial charge in [-0.25, -0.2) is 4.99 Å². The van der Waals surface area contributed by atoms with Gasteiger partial charge in [0.1, 0.15) is 0 Å². The molecule has 0 radical (unpaired) electrons. The third kappa shape index (κ3) is 3.40. The lowest BCUT2D eigenvalue weighted by molar-refractivity contribution is -0.0705. The topological polar surface area (TPSA) is 77.2 Å². The fraction of sp³-hybridized carbons (Fsp3) is 0.632. The van der Waals surface area contributed by atoms with Crippen molar-refractivity contribution >= 4 is 22.6 Å². The zero-order valence-corrected chi connectivity index (χ0v) is 17.3. The van der Waals surface area contributed by atoms with E-state index in [1.54, 1.807) is 11.8 Å². The summed E-state index contributed by atoms with van der Waals surface area (Å²) < 4.78 is 9.76. The molecular weight excluding hydrogens is 362 g/mol. The Morgan fingerprint density at radius 2 is 2.19 bits per heavy atom. The minimum absolute atomic E-state index is 0.0552. The van der Waals surface area contributed by atoms with E-state index in [9.17, 15) is 4.79 Å². The number of fused-ring (bicyclic) bond motifs is 1. The SMILES string of the molecule is CC1=Nc2c(c(=O)[nH]n2[C@@H]2CCOC(C)(C)C2)[C@H](c2cnn(C(C)C)c2)S1. The lowest BCUT2D eigenvalue weighted by Crippen LogP contribution is -2.35. The Morgan fingerprint density at radius 3 is 2.85 bits per heavy atom. The van der Waals surface area contributed by atoms with Crippen molar-refractivity contribution in [2.75, 3.05) is 6.61 Å². The van der Waals surface area contributed by atoms with Gasteiger partial charge < -0.3 is 4.74 Å². The highest BCUT2D eigenvalue weighted by Crippen LogP contribution is 2.45. The van der Waals surface area contributed by atoms with Gasteiger partial charge in [0.15, 0.2) is 5.82 Å². The highest BCUT2D eigenvalue weighted by Gasteiger charge is 2.36. The summed E-state index contributed by atoms with van der Waals surface area (Å²) in [6, 6.07) is 0.470. The van der Waals surface area contributed by atoms with E-state index < -0.39 is 0 Å². The minimum Gasteiger partial charge on any atom is -0.375 e. The van der Waals surface area contributed by atoms with Crippen LogP contribution in [0, 0.1) is 0 Å². The lowest BCUT2D eigenvalue weighted by atomic mass is 9.94. The van der Waals surface area contributed by atoms with Gasteiger partial charge in [0.25, 0.3) is 5.56 Å². The first-order valence-electron chi connectivity index (χ1n) is 9.49. The van der Waals surface area contributed by atoms with Crippen LogP contribution in [-0.4, -0.2) is 36.8 Å².